The molecule has 0 bridgehead atoms. The summed E-state index contributed by atoms with van der Waals surface area (Å²) in [6, 6.07) is 0. The lowest BCUT2D eigenvalue weighted by molar-refractivity contribution is 0.0602. The van der Waals surface area contributed by atoms with Crippen LogP contribution in [0.1, 0.15) is 22.2 Å². The summed E-state index contributed by atoms with van der Waals surface area (Å²) >= 11 is 6.00. The molecule has 5 heteroatoms. The summed E-state index contributed by atoms with van der Waals surface area (Å²) < 4.78 is 4.63. The topological polar surface area (TPSA) is 38.7 Å². The molecule has 0 aliphatic rings. The Hall–Kier alpha value is -1.03. The molecule has 0 aromatic carbocycles. The molecule has 0 atom stereocenters. The van der Waals surface area contributed by atoms with Gasteiger partial charge in [-0.25, -0.2) is 4.79 Å². The Balaban J connectivity index is 3.23. The van der Waals surface area contributed by atoms with Gasteiger partial charge in [0.1, 0.15) is 5.69 Å². The van der Waals surface area contributed by atoms with E-state index in [1.807, 2.05) is 6.92 Å². The van der Waals surface area contributed by atoms with Gasteiger partial charge in [-0.05, 0) is 18.6 Å². The number of thiophene rings is 1. The van der Waals surface area contributed by atoms with Crippen molar-refractivity contribution >= 4 is 40.4 Å². The second-order valence-electron chi connectivity index (χ2n) is 2.47. The van der Waals surface area contributed by atoms with E-state index >= 15 is 0 Å². The minimum Gasteiger partial charge on any atom is -0.465 e. The number of thiocarbonyl (C=S) groups is 1. The van der Waals surface area contributed by atoms with Crippen molar-refractivity contribution in [2.45, 2.75) is 13.3 Å². The summed E-state index contributed by atoms with van der Waals surface area (Å²) in [5.74, 6) is -0.384. The Bertz CT molecular complexity index is 392. The van der Waals surface area contributed by atoms with Gasteiger partial charge >= 0.3 is 5.97 Å². The van der Waals surface area contributed by atoms with E-state index in [0.29, 0.717) is 11.3 Å². The highest BCUT2D eigenvalue weighted by Crippen LogP contribution is 2.31. The molecule has 0 unspecified atom stereocenters. The number of ether oxygens (including phenoxy) is 1. The van der Waals surface area contributed by atoms with Crippen LogP contribution in [-0.4, -0.2) is 18.2 Å². The molecule has 0 fully saturated rings. The van der Waals surface area contributed by atoms with E-state index in [-0.39, 0.29) is 5.97 Å². The summed E-state index contributed by atoms with van der Waals surface area (Å²) in [6.07, 6.45) is 0.817. The van der Waals surface area contributed by atoms with Crippen LogP contribution >= 0.6 is 23.6 Å². The van der Waals surface area contributed by atoms with Crippen LogP contribution in [0, 0.1) is 0 Å². The van der Waals surface area contributed by atoms with Crippen molar-refractivity contribution < 1.29 is 9.53 Å². The maximum absolute atomic E-state index is 11.3. The smallest absolute Gasteiger partial charge is 0.340 e. The number of aliphatic imine (C=N–C) groups is 1. The molecule has 0 N–H and O–H groups in total. The molecule has 1 heterocycles. The number of carbonyl (C=O) groups excluding carboxylic acids is 1. The lowest BCUT2D eigenvalue weighted by Gasteiger charge is -1.97. The van der Waals surface area contributed by atoms with E-state index in [1.54, 1.807) is 5.38 Å². The quantitative estimate of drug-likeness (QED) is 0.453. The Labute approximate surface area is 91.4 Å². The molecule has 3 nitrogen and oxygen atoms in total. The molecule has 0 radical (unpaired) electrons. The zero-order valence-corrected chi connectivity index (χ0v) is 9.50. The van der Waals surface area contributed by atoms with Gasteiger partial charge in [0.15, 0.2) is 0 Å². The normalized spacial score (nSPS) is 9.29. The molecule has 14 heavy (non-hydrogen) atoms. The molecule has 0 aliphatic heterocycles. The fourth-order valence-electron chi connectivity index (χ4n) is 1.07. The highest BCUT2D eigenvalue weighted by atomic mass is 32.1. The largest absolute Gasteiger partial charge is 0.465 e. The van der Waals surface area contributed by atoms with E-state index in [4.69, 9.17) is 0 Å². The van der Waals surface area contributed by atoms with Gasteiger partial charge in [-0.3, -0.25) is 0 Å². The average Bonchev–Trinajstić information content (AvgIpc) is 2.60. The maximum Gasteiger partial charge on any atom is 0.340 e. The van der Waals surface area contributed by atoms with Crippen molar-refractivity contribution in [2.75, 3.05) is 7.11 Å². The SMILES string of the molecule is CCc1scc(C(=O)OC)c1N=C=S. The van der Waals surface area contributed by atoms with E-state index in [2.05, 4.69) is 27.1 Å². The molecule has 0 aliphatic carbocycles. The van der Waals surface area contributed by atoms with Crippen LogP contribution in [-0.2, 0) is 11.2 Å². The van der Waals surface area contributed by atoms with Crippen molar-refractivity contribution in [3.05, 3.63) is 15.8 Å². The van der Waals surface area contributed by atoms with Crippen LogP contribution < -0.4 is 0 Å². The zero-order chi connectivity index (χ0) is 10.6. The number of methoxy groups -OCH3 is 1. The number of aryl methyl sites for hydroxylation is 1. The lowest BCUT2D eigenvalue weighted by atomic mass is 10.2. The Morgan fingerprint density at radius 2 is 2.50 bits per heavy atom. The van der Waals surface area contributed by atoms with Crippen LogP contribution in [0.3, 0.4) is 0 Å². The first-order chi connectivity index (χ1) is 6.74. The molecule has 0 amide bonds. The molecule has 74 valence electrons. The van der Waals surface area contributed by atoms with E-state index in [1.165, 1.54) is 18.4 Å². The van der Waals surface area contributed by atoms with E-state index < -0.39 is 0 Å². The second kappa shape index (κ2) is 5.00. The van der Waals surface area contributed by atoms with Gasteiger partial charge in [-0.1, -0.05) is 6.92 Å². The lowest BCUT2D eigenvalue weighted by Crippen LogP contribution is -1.99. The first-order valence-corrected chi connectivity index (χ1v) is 5.29. The van der Waals surface area contributed by atoms with Gasteiger partial charge in [0.25, 0.3) is 0 Å². The predicted octanol–water partition coefficient (Wildman–Crippen LogP) is 2.83. The Morgan fingerprint density at radius 3 is 3.00 bits per heavy atom. The third kappa shape index (κ3) is 2.07. The number of hydrogen-bond donors (Lipinski definition) is 0. The fraction of sp³-hybridized carbons (Fsp3) is 0.333. The third-order valence-corrected chi connectivity index (χ3v) is 2.93. The molecule has 1 aromatic heterocycles. The zero-order valence-electron chi connectivity index (χ0n) is 7.86. The molecule has 1 aromatic rings. The number of esters is 1. The third-order valence-electron chi connectivity index (χ3n) is 1.72. The fourth-order valence-corrected chi connectivity index (χ4v) is 2.06. The van der Waals surface area contributed by atoms with Crippen LogP contribution in [0.4, 0.5) is 5.69 Å². The van der Waals surface area contributed by atoms with Crippen LogP contribution in [0.25, 0.3) is 0 Å². The van der Waals surface area contributed by atoms with Crippen molar-refractivity contribution in [3.8, 4) is 0 Å². The summed E-state index contributed by atoms with van der Waals surface area (Å²) in [6.45, 7) is 2.00. The van der Waals surface area contributed by atoms with Gasteiger partial charge < -0.3 is 4.74 Å². The number of nitrogens with zero attached hydrogens (tertiary/aromatic N) is 1. The molecule has 0 spiro atoms. The van der Waals surface area contributed by atoms with Crippen LogP contribution in [0.15, 0.2) is 10.4 Å². The molecular formula is C9H9NO2S2. The van der Waals surface area contributed by atoms with E-state index in [0.717, 1.165) is 11.3 Å². The number of carbonyl (C=O) groups is 1. The maximum atomic E-state index is 11.3. The second-order valence-corrected chi connectivity index (χ2v) is 3.62. The Kier molecular flexibility index (Phi) is 3.95. The van der Waals surface area contributed by atoms with Gasteiger partial charge in [0, 0.05) is 10.3 Å². The number of rotatable bonds is 3. The molecule has 0 saturated heterocycles. The van der Waals surface area contributed by atoms with Crippen LogP contribution in [0.5, 0.6) is 0 Å². The minimum atomic E-state index is -0.384. The summed E-state index contributed by atoms with van der Waals surface area (Å²) in [7, 11) is 1.34. The minimum absolute atomic E-state index is 0.384. The first kappa shape index (κ1) is 11.0. The highest BCUT2D eigenvalue weighted by Gasteiger charge is 2.16. The first-order valence-electron chi connectivity index (χ1n) is 4.01. The molecule has 1 rings (SSSR count). The van der Waals surface area contributed by atoms with Gasteiger partial charge in [0.05, 0.1) is 17.8 Å². The molecule has 0 saturated carbocycles. The number of hydrogen-bond acceptors (Lipinski definition) is 5. The van der Waals surface area contributed by atoms with Crippen molar-refractivity contribution in [3.63, 3.8) is 0 Å². The average molecular weight is 227 g/mol. The summed E-state index contributed by atoms with van der Waals surface area (Å²) in [5, 5.41) is 4.00. The monoisotopic (exact) mass is 227 g/mol. The van der Waals surface area contributed by atoms with Gasteiger partial charge in [0.2, 0.25) is 0 Å². The van der Waals surface area contributed by atoms with Crippen molar-refractivity contribution in [1.29, 1.82) is 0 Å². The van der Waals surface area contributed by atoms with E-state index in [9.17, 15) is 4.79 Å². The van der Waals surface area contributed by atoms with Gasteiger partial charge in [-0.2, -0.15) is 4.99 Å². The summed E-state index contributed by atoms with van der Waals surface area (Å²) in [4.78, 5) is 16.2. The molecular weight excluding hydrogens is 218 g/mol. The highest BCUT2D eigenvalue weighted by molar-refractivity contribution is 7.78. The van der Waals surface area contributed by atoms with Crippen LogP contribution in [0.2, 0.25) is 0 Å². The summed E-state index contributed by atoms with van der Waals surface area (Å²) in [5.41, 5.74) is 1.06. The van der Waals surface area contributed by atoms with Gasteiger partial charge in [-0.15, -0.1) is 11.3 Å². The number of isothiocyanates is 1. The predicted molar refractivity (Wildman–Crippen MR) is 59.7 cm³/mol. The van der Waals surface area contributed by atoms with Crippen molar-refractivity contribution in [2.24, 2.45) is 4.99 Å². The Morgan fingerprint density at radius 1 is 1.79 bits per heavy atom. The van der Waals surface area contributed by atoms with Crippen molar-refractivity contribution in [1.82, 2.24) is 0 Å². The standard InChI is InChI=1S/C9H9NO2S2/c1-3-7-8(10-5-13)6(4-14-7)9(11)12-2/h4H,3H2,1-2H3.